The topological polar surface area (TPSA) is 89.5 Å². The Morgan fingerprint density at radius 2 is 1.94 bits per heavy atom. The van der Waals surface area contributed by atoms with Gasteiger partial charge in [-0.3, -0.25) is 9.20 Å². The highest BCUT2D eigenvalue weighted by atomic mass is 19.4. The van der Waals surface area contributed by atoms with Gasteiger partial charge in [-0.25, -0.2) is 4.79 Å². The summed E-state index contributed by atoms with van der Waals surface area (Å²) >= 11 is 0. The standard InChI is InChI=1S/C22H19F3N4O3/c1-12-3-5-15-13(2)16(21(31)32-17(15)9-12)6-8-20(30)26-10-19-28-27-18-7-4-14(11-29(18)19)22(23,24)25/h3-5,7,9,11H,6,8,10H2,1-2H3,(H,26,30). The molecule has 0 atom stereocenters. The highest BCUT2D eigenvalue weighted by molar-refractivity contribution is 5.82. The highest BCUT2D eigenvalue weighted by Gasteiger charge is 2.31. The van der Waals surface area contributed by atoms with Crippen molar-refractivity contribution in [1.29, 1.82) is 0 Å². The van der Waals surface area contributed by atoms with Crippen LogP contribution in [0, 0.1) is 13.8 Å². The molecular formula is C22H19F3N4O3. The van der Waals surface area contributed by atoms with E-state index in [9.17, 15) is 22.8 Å². The minimum atomic E-state index is -4.50. The molecule has 0 aliphatic carbocycles. The average molecular weight is 444 g/mol. The molecule has 0 saturated heterocycles. The zero-order valence-electron chi connectivity index (χ0n) is 17.3. The van der Waals surface area contributed by atoms with Crippen LogP contribution in [0.2, 0.25) is 0 Å². The average Bonchev–Trinajstić information content (AvgIpc) is 3.13. The molecule has 3 heterocycles. The van der Waals surface area contributed by atoms with E-state index in [0.29, 0.717) is 11.1 Å². The van der Waals surface area contributed by atoms with Gasteiger partial charge in [-0.05, 0) is 49.6 Å². The number of amides is 1. The Kier molecular flexibility index (Phi) is 5.45. The first-order valence-electron chi connectivity index (χ1n) is 9.84. The van der Waals surface area contributed by atoms with E-state index in [4.69, 9.17) is 4.42 Å². The zero-order valence-corrected chi connectivity index (χ0v) is 17.3. The van der Waals surface area contributed by atoms with Crippen LogP contribution in [-0.4, -0.2) is 20.5 Å². The first-order chi connectivity index (χ1) is 15.1. The molecule has 1 amide bonds. The second kappa shape index (κ2) is 8.10. The minimum absolute atomic E-state index is 0.00745. The number of aryl methyl sites for hydroxylation is 2. The summed E-state index contributed by atoms with van der Waals surface area (Å²) in [6, 6.07) is 7.71. The number of nitrogens with zero attached hydrogens (tertiary/aromatic N) is 3. The number of nitrogens with one attached hydrogen (secondary N) is 1. The monoisotopic (exact) mass is 444 g/mol. The Bertz CT molecular complexity index is 1390. The number of carbonyl (C=O) groups excluding carboxylic acids is 1. The molecule has 10 heteroatoms. The molecule has 0 saturated carbocycles. The number of halogens is 3. The van der Waals surface area contributed by atoms with E-state index in [1.54, 1.807) is 6.07 Å². The van der Waals surface area contributed by atoms with Gasteiger partial charge in [0.05, 0.1) is 12.1 Å². The second-order valence-corrected chi connectivity index (χ2v) is 7.53. The van der Waals surface area contributed by atoms with E-state index in [1.165, 1.54) is 10.5 Å². The van der Waals surface area contributed by atoms with Crippen molar-refractivity contribution in [2.45, 2.75) is 39.4 Å². The molecule has 0 unspecified atom stereocenters. The van der Waals surface area contributed by atoms with Crippen molar-refractivity contribution in [3.8, 4) is 0 Å². The van der Waals surface area contributed by atoms with Gasteiger partial charge >= 0.3 is 11.8 Å². The van der Waals surface area contributed by atoms with E-state index in [2.05, 4.69) is 15.5 Å². The van der Waals surface area contributed by atoms with E-state index >= 15 is 0 Å². The lowest BCUT2D eigenvalue weighted by Crippen LogP contribution is -2.25. The molecule has 1 aromatic carbocycles. The van der Waals surface area contributed by atoms with Gasteiger partial charge in [-0.15, -0.1) is 10.2 Å². The number of benzene rings is 1. The van der Waals surface area contributed by atoms with Crippen molar-refractivity contribution < 1.29 is 22.4 Å². The van der Waals surface area contributed by atoms with E-state index in [0.717, 1.165) is 28.8 Å². The molecular weight excluding hydrogens is 425 g/mol. The van der Waals surface area contributed by atoms with Crippen LogP contribution >= 0.6 is 0 Å². The van der Waals surface area contributed by atoms with Crippen molar-refractivity contribution >= 4 is 22.5 Å². The Morgan fingerprint density at radius 1 is 1.16 bits per heavy atom. The third-order valence-corrected chi connectivity index (χ3v) is 5.29. The second-order valence-electron chi connectivity index (χ2n) is 7.53. The fourth-order valence-electron chi connectivity index (χ4n) is 3.52. The summed E-state index contributed by atoms with van der Waals surface area (Å²) in [5.74, 6) is -0.215. The molecule has 4 rings (SSSR count). The van der Waals surface area contributed by atoms with Crippen LogP contribution in [0.4, 0.5) is 13.2 Å². The maximum Gasteiger partial charge on any atom is 0.417 e. The molecule has 0 aliphatic heterocycles. The Morgan fingerprint density at radius 3 is 2.69 bits per heavy atom. The predicted molar refractivity (Wildman–Crippen MR) is 110 cm³/mol. The first kappa shape index (κ1) is 21.5. The van der Waals surface area contributed by atoms with Gasteiger partial charge < -0.3 is 9.73 Å². The maximum atomic E-state index is 13.0. The van der Waals surface area contributed by atoms with Crippen LogP contribution in [-0.2, 0) is 23.9 Å². The molecule has 1 N–H and O–H groups in total. The Hall–Kier alpha value is -3.69. The van der Waals surface area contributed by atoms with Crippen molar-refractivity contribution in [2.24, 2.45) is 0 Å². The smallest absolute Gasteiger partial charge is 0.417 e. The van der Waals surface area contributed by atoms with Crippen molar-refractivity contribution in [2.75, 3.05) is 0 Å². The highest BCUT2D eigenvalue weighted by Crippen LogP contribution is 2.29. The normalized spacial score (nSPS) is 11.9. The summed E-state index contributed by atoms with van der Waals surface area (Å²) in [4.78, 5) is 24.7. The molecule has 0 spiro atoms. The maximum absolute atomic E-state index is 13.0. The number of carbonyl (C=O) groups is 1. The lowest BCUT2D eigenvalue weighted by Gasteiger charge is -2.09. The number of aromatic nitrogens is 3. The fourth-order valence-corrected chi connectivity index (χ4v) is 3.52. The van der Waals surface area contributed by atoms with Crippen LogP contribution in [0.25, 0.3) is 16.6 Å². The predicted octanol–water partition coefficient (Wildman–Crippen LogP) is 3.72. The van der Waals surface area contributed by atoms with Gasteiger partial charge in [0.1, 0.15) is 5.58 Å². The molecule has 4 aromatic rings. The fraction of sp³-hybridized carbons (Fsp3) is 0.273. The van der Waals surface area contributed by atoms with E-state index in [1.807, 2.05) is 26.0 Å². The van der Waals surface area contributed by atoms with Crippen LogP contribution in [0.3, 0.4) is 0 Å². The summed E-state index contributed by atoms with van der Waals surface area (Å²) in [5.41, 5.74) is 1.55. The van der Waals surface area contributed by atoms with Crippen LogP contribution in [0.5, 0.6) is 0 Å². The molecule has 166 valence electrons. The molecule has 3 aromatic heterocycles. The number of fused-ring (bicyclic) bond motifs is 2. The lowest BCUT2D eigenvalue weighted by atomic mass is 10.0. The van der Waals surface area contributed by atoms with Crippen molar-refractivity contribution in [3.05, 3.63) is 75.0 Å². The number of hydrogen-bond acceptors (Lipinski definition) is 5. The van der Waals surface area contributed by atoms with Gasteiger partial charge in [0.15, 0.2) is 11.5 Å². The largest absolute Gasteiger partial charge is 0.423 e. The summed E-state index contributed by atoms with van der Waals surface area (Å²) in [5, 5.41) is 11.1. The molecule has 7 nitrogen and oxygen atoms in total. The van der Waals surface area contributed by atoms with Crippen LogP contribution in [0.1, 0.15) is 34.5 Å². The van der Waals surface area contributed by atoms with Gasteiger partial charge in [-0.2, -0.15) is 13.2 Å². The van der Waals surface area contributed by atoms with Gasteiger partial charge in [0, 0.05) is 23.6 Å². The SMILES string of the molecule is Cc1ccc2c(C)c(CCC(=O)NCc3nnc4ccc(C(F)(F)F)cn34)c(=O)oc2c1. The number of hydrogen-bond donors (Lipinski definition) is 1. The van der Waals surface area contributed by atoms with Gasteiger partial charge in [-0.1, -0.05) is 12.1 Å². The number of alkyl halides is 3. The molecule has 32 heavy (non-hydrogen) atoms. The summed E-state index contributed by atoms with van der Waals surface area (Å²) in [6.07, 6.45) is -3.44. The zero-order chi connectivity index (χ0) is 23.0. The molecule has 0 bridgehead atoms. The molecule has 0 fully saturated rings. The Labute approximate surface area is 179 Å². The number of pyridine rings is 1. The molecule has 0 radical (unpaired) electrons. The van der Waals surface area contributed by atoms with Crippen LogP contribution < -0.4 is 10.9 Å². The number of rotatable bonds is 5. The van der Waals surface area contributed by atoms with Crippen molar-refractivity contribution in [1.82, 2.24) is 19.9 Å². The van der Waals surface area contributed by atoms with Gasteiger partial charge in [0.25, 0.3) is 0 Å². The quantitative estimate of drug-likeness (QED) is 0.474. The summed E-state index contributed by atoms with van der Waals surface area (Å²) < 4.78 is 45.4. The first-order valence-corrected chi connectivity index (χ1v) is 9.84. The van der Waals surface area contributed by atoms with E-state index < -0.39 is 17.4 Å². The van der Waals surface area contributed by atoms with Crippen molar-refractivity contribution in [3.63, 3.8) is 0 Å². The van der Waals surface area contributed by atoms with E-state index in [-0.39, 0.29) is 36.8 Å². The lowest BCUT2D eigenvalue weighted by molar-refractivity contribution is -0.137. The summed E-state index contributed by atoms with van der Waals surface area (Å²) in [6.45, 7) is 3.60. The minimum Gasteiger partial charge on any atom is -0.423 e. The van der Waals surface area contributed by atoms with Gasteiger partial charge in [0.2, 0.25) is 5.91 Å². The Balaban J connectivity index is 1.45. The third kappa shape index (κ3) is 4.20. The third-order valence-electron chi connectivity index (χ3n) is 5.29. The van der Waals surface area contributed by atoms with Crippen LogP contribution in [0.15, 0.2) is 45.7 Å². The summed E-state index contributed by atoms with van der Waals surface area (Å²) in [7, 11) is 0. The molecule has 0 aliphatic rings.